The van der Waals surface area contributed by atoms with Crippen LogP contribution in [0.25, 0.3) is 11.2 Å². The van der Waals surface area contributed by atoms with E-state index in [-0.39, 0.29) is 49.5 Å². The molecule has 182 valence electrons. The van der Waals surface area contributed by atoms with Crippen LogP contribution in [0.2, 0.25) is 0 Å². The number of carbonyl (C=O) groups is 1. The van der Waals surface area contributed by atoms with Crippen molar-refractivity contribution in [1.29, 1.82) is 0 Å². The number of aliphatic hydroxyl groups is 1. The molecule has 0 unspecified atom stereocenters. The lowest BCUT2D eigenvalue weighted by atomic mass is 9.98. The van der Waals surface area contributed by atoms with Crippen molar-refractivity contribution in [3.63, 3.8) is 0 Å². The Hall–Kier alpha value is -3.20. The Balaban J connectivity index is 1.94. The van der Waals surface area contributed by atoms with E-state index in [2.05, 4.69) is 0 Å². The van der Waals surface area contributed by atoms with Gasteiger partial charge in [-0.1, -0.05) is 43.2 Å². The first-order chi connectivity index (χ1) is 16.2. The second-order valence-electron chi connectivity index (χ2n) is 9.90. The maximum absolute atomic E-state index is 13.5. The second kappa shape index (κ2) is 9.58. The van der Waals surface area contributed by atoms with Gasteiger partial charge in [0.05, 0.1) is 25.1 Å². The molecule has 1 aliphatic rings. The van der Waals surface area contributed by atoms with E-state index >= 15 is 0 Å². The van der Waals surface area contributed by atoms with Gasteiger partial charge in [0.25, 0.3) is 5.56 Å². The number of fused-ring (bicyclic) bond motifs is 1. The molecule has 9 nitrogen and oxygen atoms in total. The zero-order valence-electron chi connectivity index (χ0n) is 20.0. The third-order valence-electron chi connectivity index (χ3n) is 6.31. The maximum atomic E-state index is 13.5. The van der Waals surface area contributed by atoms with E-state index in [9.17, 15) is 19.5 Å². The molecule has 0 amide bonds. The van der Waals surface area contributed by atoms with Crippen molar-refractivity contribution in [2.45, 2.75) is 72.2 Å². The van der Waals surface area contributed by atoms with Gasteiger partial charge in [-0.2, -0.15) is 0 Å². The molecule has 1 N–H and O–H groups in total. The average Bonchev–Trinajstić information content (AvgIpc) is 3.46. The fourth-order valence-corrected chi connectivity index (χ4v) is 4.48. The van der Waals surface area contributed by atoms with Crippen molar-refractivity contribution in [3.8, 4) is 0 Å². The third-order valence-corrected chi connectivity index (χ3v) is 6.31. The Morgan fingerprint density at radius 2 is 1.76 bits per heavy atom. The van der Waals surface area contributed by atoms with Gasteiger partial charge in [0, 0.05) is 5.92 Å². The smallest absolute Gasteiger partial charge is 0.333 e. The predicted molar refractivity (Wildman–Crippen MR) is 128 cm³/mol. The molecule has 1 fully saturated rings. The molecule has 1 aromatic carbocycles. The lowest BCUT2D eigenvalue weighted by Crippen LogP contribution is -2.41. The van der Waals surface area contributed by atoms with Gasteiger partial charge in [-0.05, 0) is 39.2 Å². The monoisotopic (exact) mass is 468 g/mol. The molecule has 2 aromatic heterocycles. The van der Waals surface area contributed by atoms with Gasteiger partial charge in [-0.25, -0.2) is 9.78 Å². The molecule has 0 spiro atoms. The summed E-state index contributed by atoms with van der Waals surface area (Å²) in [7, 11) is 0. The Morgan fingerprint density at radius 1 is 1.09 bits per heavy atom. The number of ether oxygens (including phenoxy) is 1. The van der Waals surface area contributed by atoms with Crippen LogP contribution >= 0.6 is 0 Å². The quantitative estimate of drug-likeness (QED) is 0.534. The van der Waals surface area contributed by atoms with Gasteiger partial charge < -0.3 is 9.84 Å². The summed E-state index contributed by atoms with van der Waals surface area (Å²) in [6.07, 6.45) is 3.96. The minimum absolute atomic E-state index is 0.117. The van der Waals surface area contributed by atoms with Gasteiger partial charge in [-0.3, -0.25) is 23.3 Å². The summed E-state index contributed by atoms with van der Waals surface area (Å²) in [6, 6.07) is 9.47. The highest BCUT2D eigenvalue weighted by atomic mass is 16.5. The number of carbonyl (C=O) groups excluding carboxylic acids is 1. The summed E-state index contributed by atoms with van der Waals surface area (Å²) in [4.78, 5) is 44.1. The number of esters is 1. The molecule has 3 aromatic rings. The summed E-state index contributed by atoms with van der Waals surface area (Å²) in [5, 5.41) is 9.53. The van der Waals surface area contributed by atoms with Crippen LogP contribution in [0.5, 0.6) is 0 Å². The zero-order valence-corrected chi connectivity index (χ0v) is 20.0. The molecule has 0 aliphatic heterocycles. The first kappa shape index (κ1) is 23.9. The minimum Gasteiger partial charge on any atom is -0.443 e. The lowest BCUT2D eigenvalue weighted by Gasteiger charge is -2.19. The predicted octanol–water partition coefficient (Wildman–Crippen LogP) is 2.60. The number of rotatable bonds is 7. The molecule has 1 saturated carbocycles. The number of benzene rings is 1. The van der Waals surface area contributed by atoms with Gasteiger partial charge >= 0.3 is 11.7 Å². The number of aromatic nitrogens is 4. The number of aliphatic hydroxyl groups excluding tert-OH is 1. The van der Waals surface area contributed by atoms with Crippen LogP contribution in [0.3, 0.4) is 0 Å². The lowest BCUT2D eigenvalue weighted by molar-refractivity contribution is -0.156. The van der Waals surface area contributed by atoms with Crippen molar-refractivity contribution in [1.82, 2.24) is 18.7 Å². The Kier molecular flexibility index (Phi) is 6.74. The highest BCUT2D eigenvalue weighted by Gasteiger charge is 2.29. The van der Waals surface area contributed by atoms with E-state index in [1.165, 1.54) is 4.57 Å². The first-order valence-electron chi connectivity index (χ1n) is 11.8. The molecule has 0 atom stereocenters. The van der Waals surface area contributed by atoms with Crippen LogP contribution < -0.4 is 11.2 Å². The molecule has 9 heteroatoms. The standard InChI is InChI=1S/C25H32N4O5/c1-25(2,3)23(32)34-16-29-19-21(26-20(29)18-11-7-8-12-18)28(15-17-9-5-4-6-10-17)24(33)27(13-14-30)22(19)31/h4-6,9-10,18,30H,7-8,11-16H2,1-3H3. The Labute approximate surface area is 197 Å². The molecule has 34 heavy (non-hydrogen) atoms. The van der Waals surface area contributed by atoms with Crippen molar-refractivity contribution < 1.29 is 14.6 Å². The van der Waals surface area contributed by atoms with Gasteiger partial charge in [0.2, 0.25) is 0 Å². The highest BCUT2D eigenvalue weighted by molar-refractivity contribution is 5.75. The molecule has 2 heterocycles. The molecule has 0 saturated heterocycles. The third kappa shape index (κ3) is 4.57. The van der Waals surface area contributed by atoms with E-state index in [0.717, 1.165) is 35.8 Å². The summed E-state index contributed by atoms with van der Waals surface area (Å²) in [6.45, 7) is 4.89. The van der Waals surface area contributed by atoms with Crippen LogP contribution in [-0.2, 0) is 29.4 Å². The number of hydrogen-bond acceptors (Lipinski definition) is 6. The normalized spacial score (nSPS) is 14.7. The summed E-state index contributed by atoms with van der Waals surface area (Å²) in [5.41, 5.74) is -0.381. The van der Waals surface area contributed by atoms with Crippen LogP contribution in [-0.4, -0.2) is 36.4 Å². The Bertz CT molecular complexity index is 1290. The zero-order chi connectivity index (χ0) is 24.5. The number of hydrogen-bond donors (Lipinski definition) is 1. The van der Waals surface area contributed by atoms with Gasteiger partial charge in [0.15, 0.2) is 17.9 Å². The summed E-state index contributed by atoms with van der Waals surface area (Å²) >= 11 is 0. The molecule has 1 aliphatic carbocycles. The van der Waals surface area contributed by atoms with Crippen LogP contribution in [0.15, 0.2) is 39.9 Å². The van der Waals surface area contributed by atoms with E-state index in [0.29, 0.717) is 5.82 Å². The van der Waals surface area contributed by atoms with E-state index in [1.54, 1.807) is 25.3 Å². The van der Waals surface area contributed by atoms with Crippen molar-refractivity contribution in [2.24, 2.45) is 5.41 Å². The molecule has 0 radical (unpaired) electrons. The fraction of sp³-hybridized carbons (Fsp3) is 0.520. The average molecular weight is 469 g/mol. The molecule has 4 rings (SSSR count). The van der Waals surface area contributed by atoms with Crippen LogP contribution in [0.1, 0.15) is 63.8 Å². The number of imidazole rings is 1. The maximum Gasteiger partial charge on any atom is 0.333 e. The summed E-state index contributed by atoms with van der Waals surface area (Å²) < 4.78 is 9.77. The van der Waals surface area contributed by atoms with Crippen molar-refractivity contribution in [2.75, 3.05) is 6.61 Å². The molecule has 0 bridgehead atoms. The molecular weight excluding hydrogens is 436 g/mol. The van der Waals surface area contributed by atoms with E-state index in [1.807, 2.05) is 30.3 Å². The number of nitrogens with zero attached hydrogens (tertiary/aromatic N) is 4. The topological polar surface area (TPSA) is 108 Å². The van der Waals surface area contributed by atoms with Gasteiger partial charge in [0.1, 0.15) is 5.82 Å². The summed E-state index contributed by atoms with van der Waals surface area (Å²) in [5.74, 6) is 0.390. The van der Waals surface area contributed by atoms with E-state index in [4.69, 9.17) is 9.72 Å². The SMILES string of the molecule is CC(C)(C)C(=O)OCn1c(C2CCCC2)nc2c1c(=O)n(CCO)c(=O)n2Cc1ccccc1. The highest BCUT2D eigenvalue weighted by Crippen LogP contribution is 2.35. The molecular formula is C25H32N4O5. The second-order valence-corrected chi connectivity index (χ2v) is 9.90. The van der Waals surface area contributed by atoms with Gasteiger partial charge in [-0.15, -0.1) is 0 Å². The fourth-order valence-electron chi connectivity index (χ4n) is 4.48. The Morgan fingerprint density at radius 3 is 2.38 bits per heavy atom. The minimum atomic E-state index is -0.698. The van der Waals surface area contributed by atoms with Crippen LogP contribution in [0, 0.1) is 5.41 Å². The van der Waals surface area contributed by atoms with Crippen LogP contribution in [0.4, 0.5) is 0 Å². The largest absolute Gasteiger partial charge is 0.443 e. The van der Waals surface area contributed by atoms with E-state index < -0.39 is 16.7 Å². The first-order valence-corrected chi connectivity index (χ1v) is 11.8. The van der Waals surface area contributed by atoms with Crippen molar-refractivity contribution in [3.05, 3.63) is 62.6 Å². The van der Waals surface area contributed by atoms with Crippen molar-refractivity contribution >= 4 is 17.1 Å².